The van der Waals surface area contributed by atoms with Crippen LogP contribution in [0.3, 0.4) is 0 Å². The van der Waals surface area contributed by atoms with Crippen LogP contribution in [0.25, 0.3) is 0 Å². The predicted molar refractivity (Wildman–Crippen MR) is 65.9 cm³/mol. The van der Waals surface area contributed by atoms with Crippen LogP contribution in [0.2, 0.25) is 0 Å². The van der Waals surface area contributed by atoms with Crippen LogP contribution in [-0.4, -0.2) is 54.0 Å². The monoisotopic (exact) mass is 276 g/mol. The van der Waals surface area contributed by atoms with Crippen LogP contribution >= 0.6 is 0 Å². The average Bonchev–Trinajstić information content (AvgIpc) is 2.26. The van der Waals surface area contributed by atoms with Crippen LogP contribution < -0.4 is 10.6 Å². The summed E-state index contributed by atoms with van der Waals surface area (Å²) in [5, 5.41) is 21.6. The molecule has 0 radical (unpaired) electrons. The second-order valence-corrected chi connectivity index (χ2v) is 4.36. The Morgan fingerprint density at radius 2 is 1.84 bits per heavy atom. The summed E-state index contributed by atoms with van der Waals surface area (Å²) in [4.78, 5) is 32.4. The van der Waals surface area contributed by atoms with Crippen molar-refractivity contribution >= 4 is 18.0 Å². The molecule has 8 nitrogen and oxygen atoms in total. The van der Waals surface area contributed by atoms with Crippen molar-refractivity contribution in [3.8, 4) is 0 Å². The number of nitrogens with one attached hydrogen (secondary N) is 2. The normalized spacial score (nSPS) is 11.9. The molecule has 8 heteroatoms. The SMILES string of the molecule is CC(C)COCCNC(=O)NC(CC(=O)O)C(=O)O. The number of urea groups is 1. The van der Waals surface area contributed by atoms with Crippen molar-refractivity contribution in [2.45, 2.75) is 26.3 Å². The zero-order chi connectivity index (χ0) is 14.8. The Bertz CT molecular complexity index is 318. The number of amides is 2. The summed E-state index contributed by atoms with van der Waals surface area (Å²) in [6, 6.07) is -2.18. The minimum absolute atomic E-state index is 0.220. The van der Waals surface area contributed by atoms with E-state index in [1.165, 1.54) is 0 Å². The van der Waals surface area contributed by atoms with Gasteiger partial charge in [0.2, 0.25) is 0 Å². The molecular weight excluding hydrogens is 256 g/mol. The lowest BCUT2D eigenvalue weighted by Gasteiger charge is -2.13. The van der Waals surface area contributed by atoms with Gasteiger partial charge in [-0.25, -0.2) is 9.59 Å². The van der Waals surface area contributed by atoms with Gasteiger partial charge in [0.1, 0.15) is 6.04 Å². The molecule has 0 aliphatic rings. The average molecular weight is 276 g/mol. The maximum Gasteiger partial charge on any atom is 0.326 e. The van der Waals surface area contributed by atoms with Crippen molar-refractivity contribution in [2.75, 3.05) is 19.8 Å². The maximum atomic E-state index is 11.3. The molecule has 0 fully saturated rings. The predicted octanol–water partition coefficient (Wildman–Crippen LogP) is -0.114. The molecule has 0 aromatic heterocycles. The molecule has 0 rings (SSSR count). The molecule has 19 heavy (non-hydrogen) atoms. The van der Waals surface area contributed by atoms with Crippen LogP contribution in [0.1, 0.15) is 20.3 Å². The highest BCUT2D eigenvalue weighted by Crippen LogP contribution is 1.93. The van der Waals surface area contributed by atoms with Gasteiger partial charge in [0.05, 0.1) is 13.0 Å². The number of carbonyl (C=O) groups is 3. The van der Waals surface area contributed by atoms with Gasteiger partial charge in [-0.2, -0.15) is 0 Å². The number of rotatable bonds is 9. The second-order valence-electron chi connectivity index (χ2n) is 4.36. The first-order valence-corrected chi connectivity index (χ1v) is 5.89. The maximum absolute atomic E-state index is 11.3. The van der Waals surface area contributed by atoms with E-state index in [-0.39, 0.29) is 6.54 Å². The summed E-state index contributed by atoms with van der Waals surface area (Å²) in [6.07, 6.45) is -0.674. The molecule has 1 atom stereocenters. The first kappa shape index (κ1) is 17.2. The summed E-state index contributed by atoms with van der Waals surface area (Å²) in [5.41, 5.74) is 0. The molecule has 0 aromatic rings. The third kappa shape index (κ3) is 9.83. The Hall–Kier alpha value is -1.83. The zero-order valence-electron chi connectivity index (χ0n) is 11.0. The molecule has 110 valence electrons. The van der Waals surface area contributed by atoms with Crippen molar-refractivity contribution in [2.24, 2.45) is 5.92 Å². The summed E-state index contributed by atoms with van der Waals surface area (Å²) in [5.74, 6) is -2.30. The fourth-order valence-electron chi connectivity index (χ4n) is 1.14. The third-order valence-electron chi connectivity index (χ3n) is 1.97. The van der Waals surface area contributed by atoms with Crippen LogP contribution in [0.15, 0.2) is 0 Å². The lowest BCUT2D eigenvalue weighted by atomic mass is 10.2. The molecule has 0 aromatic carbocycles. The lowest BCUT2D eigenvalue weighted by molar-refractivity contribution is -0.145. The summed E-state index contributed by atoms with van der Waals surface area (Å²) in [7, 11) is 0. The number of carboxylic acid groups (broad SMARTS) is 2. The van der Waals surface area contributed by atoms with E-state index in [9.17, 15) is 14.4 Å². The largest absolute Gasteiger partial charge is 0.481 e. The number of hydrogen-bond acceptors (Lipinski definition) is 4. The van der Waals surface area contributed by atoms with E-state index >= 15 is 0 Å². The standard InChI is InChI=1S/C11H20N2O6/c1-7(2)6-19-4-3-12-11(18)13-8(10(16)17)5-9(14)15/h7-8H,3-6H2,1-2H3,(H,14,15)(H,16,17)(H2,12,13,18). The fourth-order valence-corrected chi connectivity index (χ4v) is 1.14. The lowest BCUT2D eigenvalue weighted by Crippen LogP contribution is -2.47. The molecule has 0 bridgehead atoms. The molecule has 0 heterocycles. The smallest absolute Gasteiger partial charge is 0.326 e. The van der Waals surface area contributed by atoms with Gasteiger partial charge in [0, 0.05) is 13.2 Å². The highest BCUT2D eigenvalue weighted by atomic mass is 16.5. The quantitative estimate of drug-likeness (QED) is 0.435. The Kier molecular flexibility index (Phi) is 8.27. The summed E-state index contributed by atoms with van der Waals surface area (Å²) < 4.78 is 5.21. The Balaban J connectivity index is 3.87. The van der Waals surface area contributed by atoms with Crippen LogP contribution in [0.5, 0.6) is 0 Å². The van der Waals surface area contributed by atoms with E-state index < -0.39 is 30.4 Å². The van der Waals surface area contributed by atoms with E-state index in [1.807, 2.05) is 13.8 Å². The summed E-state index contributed by atoms with van der Waals surface area (Å²) >= 11 is 0. The summed E-state index contributed by atoms with van der Waals surface area (Å²) in [6.45, 7) is 5.08. The van der Waals surface area contributed by atoms with Crippen molar-refractivity contribution in [3.63, 3.8) is 0 Å². The number of aliphatic carboxylic acids is 2. The van der Waals surface area contributed by atoms with E-state index in [2.05, 4.69) is 10.6 Å². The molecule has 0 saturated carbocycles. The van der Waals surface area contributed by atoms with E-state index in [4.69, 9.17) is 14.9 Å². The molecule has 2 amide bonds. The first-order chi connectivity index (χ1) is 8.82. The van der Waals surface area contributed by atoms with Gasteiger partial charge in [0.15, 0.2) is 0 Å². The zero-order valence-corrected chi connectivity index (χ0v) is 11.0. The van der Waals surface area contributed by atoms with Crippen LogP contribution in [0.4, 0.5) is 4.79 Å². The Morgan fingerprint density at radius 1 is 1.21 bits per heavy atom. The number of ether oxygens (including phenoxy) is 1. The second kappa shape index (κ2) is 9.15. The first-order valence-electron chi connectivity index (χ1n) is 5.89. The topological polar surface area (TPSA) is 125 Å². The van der Waals surface area contributed by atoms with Crippen molar-refractivity contribution in [1.29, 1.82) is 0 Å². The van der Waals surface area contributed by atoms with Gasteiger partial charge >= 0.3 is 18.0 Å². The molecule has 0 spiro atoms. The Morgan fingerprint density at radius 3 is 2.32 bits per heavy atom. The van der Waals surface area contributed by atoms with Gasteiger partial charge in [0.25, 0.3) is 0 Å². The highest BCUT2D eigenvalue weighted by Gasteiger charge is 2.22. The van der Waals surface area contributed by atoms with E-state index in [0.29, 0.717) is 19.1 Å². The van der Waals surface area contributed by atoms with E-state index in [0.717, 1.165) is 0 Å². The minimum atomic E-state index is -1.45. The highest BCUT2D eigenvalue weighted by molar-refractivity contribution is 5.86. The van der Waals surface area contributed by atoms with Gasteiger partial charge < -0.3 is 25.6 Å². The molecule has 0 saturated heterocycles. The van der Waals surface area contributed by atoms with Gasteiger partial charge in [-0.05, 0) is 5.92 Å². The van der Waals surface area contributed by atoms with Crippen LogP contribution in [-0.2, 0) is 14.3 Å². The Labute approximate surface area is 111 Å². The van der Waals surface area contributed by atoms with Gasteiger partial charge in [-0.3, -0.25) is 4.79 Å². The van der Waals surface area contributed by atoms with Gasteiger partial charge in [-0.1, -0.05) is 13.8 Å². The number of carbonyl (C=O) groups excluding carboxylic acids is 1. The molecule has 0 aliphatic heterocycles. The third-order valence-corrected chi connectivity index (χ3v) is 1.97. The fraction of sp³-hybridized carbons (Fsp3) is 0.727. The molecule has 4 N–H and O–H groups in total. The number of hydrogen-bond donors (Lipinski definition) is 4. The number of carboxylic acids is 2. The van der Waals surface area contributed by atoms with E-state index in [1.54, 1.807) is 0 Å². The van der Waals surface area contributed by atoms with Crippen molar-refractivity contribution in [1.82, 2.24) is 10.6 Å². The van der Waals surface area contributed by atoms with Gasteiger partial charge in [-0.15, -0.1) is 0 Å². The minimum Gasteiger partial charge on any atom is -0.481 e. The molecule has 0 aliphatic carbocycles. The van der Waals surface area contributed by atoms with Crippen molar-refractivity contribution < 1.29 is 29.3 Å². The van der Waals surface area contributed by atoms with Crippen LogP contribution in [0, 0.1) is 5.92 Å². The van der Waals surface area contributed by atoms with Crippen molar-refractivity contribution in [3.05, 3.63) is 0 Å². The molecule has 1 unspecified atom stereocenters. The molecular formula is C11H20N2O6.